The van der Waals surface area contributed by atoms with Gasteiger partial charge in [-0.15, -0.1) is 0 Å². The molecule has 2 amide bonds. The molecule has 24 heavy (non-hydrogen) atoms. The summed E-state index contributed by atoms with van der Waals surface area (Å²) < 4.78 is 5.14. The van der Waals surface area contributed by atoms with Crippen molar-refractivity contribution < 1.29 is 14.1 Å². The second-order valence-electron chi connectivity index (χ2n) is 5.88. The number of likely N-dealkylation sites (tertiary alicyclic amines) is 1. The first kappa shape index (κ1) is 16.1. The molecule has 0 atom stereocenters. The van der Waals surface area contributed by atoms with Gasteiger partial charge in [-0.1, -0.05) is 5.16 Å². The molecule has 1 aromatic carbocycles. The summed E-state index contributed by atoms with van der Waals surface area (Å²) in [5.41, 5.74) is 1.39. The number of aryl methyl sites for hydroxylation is 1. The third kappa shape index (κ3) is 3.96. The number of anilines is 2. The molecule has 2 N–H and O–H groups in total. The van der Waals surface area contributed by atoms with E-state index in [4.69, 9.17) is 4.52 Å². The van der Waals surface area contributed by atoms with Gasteiger partial charge in [0.05, 0.1) is 12.5 Å². The van der Waals surface area contributed by atoms with Crippen LogP contribution in [-0.4, -0.2) is 46.5 Å². The maximum atomic E-state index is 12.1. The number of nitrogens with zero attached hydrogens (tertiary/aromatic N) is 3. The monoisotopic (exact) mass is 329 g/mol. The van der Waals surface area contributed by atoms with Crippen molar-refractivity contribution in [3.05, 3.63) is 36.0 Å². The predicted octanol–water partition coefficient (Wildman–Crippen LogP) is 1.37. The third-order valence-corrected chi connectivity index (χ3v) is 3.71. The Hall–Kier alpha value is -2.74. The van der Waals surface area contributed by atoms with E-state index < -0.39 is 0 Å². The molecule has 3 rings (SSSR count). The van der Waals surface area contributed by atoms with Gasteiger partial charge in [0.1, 0.15) is 0 Å². The van der Waals surface area contributed by atoms with Crippen LogP contribution in [0.1, 0.15) is 24.6 Å². The van der Waals surface area contributed by atoms with Gasteiger partial charge in [0.2, 0.25) is 17.7 Å². The van der Waals surface area contributed by atoms with Crippen LogP contribution in [0.5, 0.6) is 0 Å². The maximum absolute atomic E-state index is 12.1. The van der Waals surface area contributed by atoms with E-state index in [2.05, 4.69) is 20.8 Å². The molecule has 0 saturated carbocycles. The minimum atomic E-state index is -0.129. The lowest BCUT2D eigenvalue weighted by Crippen LogP contribution is -2.48. The van der Waals surface area contributed by atoms with E-state index in [0.29, 0.717) is 29.6 Å². The van der Waals surface area contributed by atoms with E-state index in [1.54, 1.807) is 31.2 Å². The van der Waals surface area contributed by atoms with E-state index >= 15 is 0 Å². The molecule has 0 spiro atoms. The number of amides is 2. The van der Waals surface area contributed by atoms with Crippen LogP contribution in [0.4, 0.5) is 11.4 Å². The second kappa shape index (κ2) is 6.79. The van der Waals surface area contributed by atoms with Gasteiger partial charge in [-0.2, -0.15) is 4.98 Å². The smallest absolute Gasteiger partial charge is 0.238 e. The minimum absolute atomic E-state index is 0.0811. The zero-order valence-electron chi connectivity index (χ0n) is 13.6. The van der Waals surface area contributed by atoms with Gasteiger partial charge in [0.25, 0.3) is 0 Å². The van der Waals surface area contributed by atoms with Crippen LogP contribution < -0.4 is 10.6 Å². The lowest BCUT2D eigenvalue weighted by atomic mass is 10.0. The molecule has 0 unspecified atom stereocenters. The summed E-state index contributed by atoms with van der Waals surface area (Å²) >= 11 is 0. The fourth-order valence-corrected chi connectivity index (χ4v) is 2.58. The molecule has 1 aliphatic heterocycles. The van der Waals surface area contributed by atoms with E-state index in [1.807, 2.05) is 4.90 Å². The Labute approximate surface area is 139 Å². The molecule has 1 saturated heterocycles. The number of carbonyl (C=O) groups is 2. The predicted molar refractivity (Wildman–Crippen MR) is 87.6 cm³/mol. The number of carbonyl (C=O) groups excluding carboxylic acids is 2. The van der Waals surface area contributed by atoms with Crippen LogP contribution in [0.15, 0.2) is 28.8 Å². The number of benzene rings is 1. The highest BCUT2D eigenvalue weighted by Gasteiger charge is 2.33. The van der Waals surface area contributed by atoms with Crippen molar-refractivity contribution in [1.29, 1.82) is 0 Å². The molecule has 0 bridgehead atoms. The molecule has 8 nitrogen and oxygen atoms in total. The van der Waals surface area contributed by atoms with Gasteiger partial charge in [-0.05, 0) is 31.2 Å². The summed E-state index contributed by atoms with van der Waals surface area (Å²) in [6.45, 7) is 5.02. The number of aromatic nitrogens is 2. The average molecular weight is 329 g/mol. The quantitative estimate of drug-likeness (QED) is 0.859. The molecule has 126 valence electrons. The van der Waals surface area contributed by atoms with Gasteiger partial charge in [-0.3, -0.25) is 14.5 Å². The van der Waals surface area contributed by atoms with E-state index in [9.17, 15) is 9.59 Å². The van der Waals surface area contributed by atoms with Crippen molar-refractivity contribution in [1.82, 2.24) is 15.0 Å². The number of hydrogen-bond donors (Lipinski definition) is 2. The largest absolute Gasteiger partial charge is 0.339 e. The zero-order chi connectivity index (χ0) is 17.1. The normalized spacial score (nSPS) is 14.9. The molecule has 1 fully saturated rings. The van der Waals surface area contributed by atoms with E-state index in [1.165, 1.54) is 6.92 Å². The second-order valence-corrected chi connectivity index (χ2v) is 5.88. The minimum Gasteiger partial charge on any atom is -0.339 e. The van der Waals surface area contributed by atoms with Gasteiger partial charge in [0, 0.05) is 31.4 Å². The first-order valence-electron chi connectivity index (χ1n) is 7.69. The summed E-state index contributed by atoms with van der Waals surface area (Å²) in [6, 6.07) is 7.00. The molecule has 1 aliphatic rings. The fourth-order valence-electron chi connectivity index (χ4n) is 2.58. The van der Waals surface area contributed by atoms with Crippen LogP contribution in [0.25, 0.3) is 0 Å². The number of nitrogens with one attached hydrogen (secondary N) is 2. The maximum Gasteiger partial charge on any atom is 0.238 e. The van der Waals surface area contributed by atoms with Gasteiger partial charge in [-0.25, -0.2) is 0 Å². The standard InChI is InChI=1S/C16H19N5O3/c1-10-17-16(24-20-10)12-7-21(8-12)9-15(23)19-14-5-3-13(4-6-14)18-11(2)22/h3-6,12H,7-9H2,1-2H3,(H,18,22)(H,19,23). The van der Waals surface area contributed by atoms with Crippen LogP contribution in [0, 0.1) is 6.92 Å². The van der Waals surface area contributed by atoms with E-state index in [-0.39, 0.29) is 17.7 Å². The lowest BCUT2D eigenvalue weighted by molar-refractivity contribution is -0.118. The summed E-state index contributed by atoms with van der Waals surface area (Å²) in [5, 5.41) is 9.29. The summed E-state index contributed by atoms with van der Waals surface area (Å²) in [7, 11) is 0. The zero-order valence-corrected chi connectivity index (χ0v) is 13.6. The van der Waals surface area contributed by atoms with Crippen molar-refractivity contribution in [2.24, 2.45) is 0 Å². The summed E-state index contributed by atoms with van der Waals surface area (Å²) in [6.07, 6.45) is 0. The van der Waals surface area contributed by atoms with Crippen molar-refractivity contribution in [3.63, 3.8) is 0 Å². The first-order chi connectivity index (χ1) is 11.5. The highest BCUT2D eigenvalue weighted by atomic mass is 16.5. The molecule has 8 heteroatoms. The van der Waals surface area contributed by atoms with Gasteiger partial charge < -0.3 is 15.2 Å². The van der Waals surface area contributed by atoms with Crippen LogP contribution in [0.3, 0.4) is 0 Å². The first-order valence-corrected chi connectivity index (χ1v) is 7.69. The number of rotatable bonds is 5. The molecule has 2 aromatic rings. The molecular formula is C16H19N5O3. The Morgan fingerprint density at radius 1 is 1.21 bits per heavy atom. The van der Waals surface area contributed by atoms with Crippen molar-refractivity contribution in [2.45, 2.75) is 19.8 Å². The van der Waals surface area contributed by atoms with Crippen molar-refractivity contribution >= 4 is 23.2 Å². The molecule has 1 aromatic heterocycles. The Bertz CT molecular complexity index is 734. The topological polar surface area (TPSA) is 100 Å². The van der Waals surface area contributed by atoms with Crippen LogP contribution >= 0.6 is 0 Å². The Morgan fingerprint density at radius 3 is 2.38 bits per heavy atom. The average Bonchev–Trinajstić information content (AvgIpc) is 2.90. The Balaban J connectivity index is 1.44. The van der Waals surface area contributed by atoms with Crippen molar-refractivity contribution in [3.8, 4) is 0 Å². The molecule has 0 radical (unpaired) electrons. The van der Waals surface area contributed by atoms with Gasteiger partial charge in [0.15, 0.2) is 5.82 Å². The Morgan fingerprint density at radius 2 is 1.83 bits per heavy atom. The lowest BCUT2D eigenvalue weighted by Gasteiger charge is -2.36. The number of hydrogen-bond acceptors (Lipinski definition) is 6. The van der Waals surface area contributed by atoms with E-state index in [0.717, 1.165) is 13.1 Å². The summed E-state index contributed by atoms with van der Waals surface area (Å²) in [4.78, 5) is 29.2. The molecular weight excluding hydrogens is 310 g/mol. The molecule has 0 aliphatic carbocycles. The van der Waals surface area contributed by atoms with Gasteiger partial charge >= 0.3 is 0 Å². The highest BCUT2D eigenvalue weighted by Crippen LogP contribution is 2.25. The molecule has 2 heterocycles. The SMILES string of the molecule is CC(=O)Nc1ccc(NC(=O)CN2CC(c3nc(C)no3)C2)cc1. The van der Waals surface area contributed by atoms with Crippen molar-refractivity contribution in [2.75, 3.05) is 30.3 Å². The Kier molecular flexibility index (Phi) is 4.57. The highest BCUT2D eigenvalue weighted by molar-refractivity contribution is 5.93. The van der Waals surface area contributed by atoms with Crippen LogP contribution in [0.2, 0.25) is 0 Å². The summed E-state index contributed by atoms with van der Waals surface area (Å²) in [5.74, 6) is 1.26. The van der Waals surface area contributed by atoms with Crippen LogP contribution in [-0.2, 0) is 9.59 Å². The fraction of sp³-hybridized carbons (Fsp3) is 0.375. The third-order valence-electron chi connectivity index (χ3n) is 3.71.